The molecule has 1 fully saturated rings. The summed E-state index contributed by atoms with van der Waals surface area (Å²) in [6.45, 7) is -0.572. The molecule has 5 rings (SSSR count). The summed E-state index contributed by atoms with van der Waals surface area (Å²) < 4.78 is 43.0. The van der Waals surface area contributed by atoms with Crippen molar-refractivity contribution < 1.29 is 73.0 Å². The molecule has 0 spiro atoms. The number of methoxy groups -OCH3 is 4. The van der Waals surface area contributed by atoms with Crippen LogP contribution in [0.15, 0.2) is 57.8 Å². The lowest BCUT2D eigenvalue weighted by molar-refractivity contribution is -0.278. The molecule has 16 heteroatoms. The predicted molar refractivity (Wildman–Crippen MR) is 173 cm³/mol. The van der Waals surface area contributed by atoms with Crippen LogP contribution in [0.3, 0.4) is 0 Å². The fraction of sp³-hybridized carbons (Fsp3) is 0.294. The number of hydrogen-bond donors (Lipinski definition) is 6. The Morgan fingerprint density at radius 1 is 0.780 bits per heavy atom. The van der Waals surface area contributed by atoms with Crippen molar-refractivity contribution in [1.29, 1.82) is 0 Å². The first-order valence-electron chi connectivity index (χ1n) is 14.8. The van der Waals surface area contributed by atoms with Crippen molar-refractivity contribution in [3.05, 3.63) is 64.3 Å². The molecule has 1 aliphatic heterocycles. The molecule has 1 saturated heterocycles. The van der Waals surface area contributed by atoms with Gasteiger partial charge in [-0.05, 0) is 35.9 Å². The molecule has 0 aliphatic carbocycles. The van der Waals surface area contributed by atoms with Crippen LogP contribution in [0, 0.1) is 0 Å². The van der Waals surface area contributed by atoms with Gasteiger partial charge in [-0.25, -0.2) is 4.79 Å². The smallest absolute Gasteiger partial charge is 0.330 e. The number of fused-ring (bicyclic) bond motifs is 1. The summed E-state index contributed by atoms with van der Waals surface area (Å²) in [4.78, 5) is 25.5. The van der Waals surface area contributed by atoms with E-state index < -0.39 is 54.5 Å². The third-order valence-corrected chi connectivity index (χ3v) is 7.77. The van der Waals surface area contributed by atoms with Crippen LogP contribution in [0.4, 0.5) is 0 Å². The quantitative estimate of drug-likeness (QED) is 0.0972. The maximum absolute atomic E-state index is 13.0. The molecule has 3 aromatic carbocycles. The Labute approximate surface area is 283 Å². The highest BCUT2D eigenvalue weighted by molar-refractivity contribution is 5.88. The van der Waals surface area contributed by atoms with Gasteiger partial charge >= 0.3 is 5.97 Å². The standard InChI is InChI=1S/C34H34O16/c1-43-22-7-15(8-23(44-2)29(22)38)5-6-27(37)47-14-26-31(40)32(41)33(42)34(50-26)48-17-11-18(35)28-19(36)13-20(49-21(28)12-17)16-9-24(45-3)30(39)25(10-16)46-4/h5-13,26,31-35,38-42H,14H2,1-4H3/b6-5+/t26-,31-,32+,33-,34?/m1/s1. The zero-order valence-electron chi connectivity index (χ0n) is 27.1. The maximum Gasteiger partial charge on any atom is 0.330 e. The molecule has 1 aromatic heterocycles. The van der Waals surface area contributed by atoms with Crippen LogP contribution >= 0.6 is 0 Å². The molecule has 6 N–H and O–H groups in total. The van der Waals surface area contributed by atoms with Crippen LogP contribution in [0.1, 0.15) is 5.56 Å². The van der Waals surface area contributed by atoms with Crippen LogP contribution in [0.5, 0.6) is 46.0 Å². The number of aliphatic hydroxyl groups excluding tert-OH is 3. The minimum atomic E-state index is -1.80. The number of carbonyl (C=O) groups excluding carboxylic acids is 1. The molecule has 266 valence electrons. The van der Waals surface area contributed by atoms with Gasteiger partial charge in [-0.2, -0.15) is 0 Å². The summed E-state index contributed by atoms with van der Waals surface area (Å²) in [6.07, 6.45) is -5.90. The van der Waals surface area contributed by atoms with E-state index in [-0.39, 0.29) is 57.0 Å². The van der Waals surface area contributed by atoms with Crippen molar-refractivity contribution in [3.63, 3.8) is 0 Å². The fourth-order valence-corrected chi connectivity index (χ4v) is 5.16. The van der Waals surface area contributed by atoms with Gasteiger partial charge in [0.1, 0.15) is 59.3 Å². The summed E-state index contributed by atoms with van der Waals surface area (Å²) in [5, 5.41) is 62.5. The highest BCUT2D eigenvalue weighted by Crippen LogP contribution is 2.41. The van der Waals surface area contributed by atoms with E-state index in [1.165, 1.54) is 64.8 Å². The summed E-state index contributed by atoms with van der Waals surface area (Å²) in [6, 6.07) is 9.14. The van der Waals surface area contributed by atoms with Gasteiger partial charge in [0.25, 0.3) is 0 Å². The summed E-state index contributed by atoms with van der Waals surface area (Å²) >= 11 is 0. The SMILES string of the molecule is COc1cc(/C=C/C(=O)OC[C@H]2OC(Oc3cc(O)c4c(=O)cc(-c5cc(OC)c(O)c(OC)c5)oc4c3)[C@H](O)[C@@H](O)[C@@H]2O)cc(OC)c1O. The number of phenols is 3. The number of esters is 1. The van der Waals surface area contributed by atoms with Crippen molar-refractivity contribution in [2.75, 3.05) is 35.0 Å². The van der Waals surface area contributed by atoms with Crippen molar-refractivity contribution in [2.24, 2.45) is 0 Å². The predicted octanol–water partition coefficient (Wildman–Crippen LogP) is 2.05. The molecule has 0 saturated carbocycles. The number of carbonyl (C=O) groups is 1. The van der Waals surface area contributed by atoms with Gasteiger partial charge in [0.15, 0.2) is 28.4 Å². The van der Waals surface area contributed by atoms with Crippen molar-refractivity contribution >= 4 is 23.0 Å². The molecule has 2 heterocycles. The topological polar surface area (TPSA) is 233 Å². The summed E-state index contributed by atoms with van der Waals surface area (Å²) in [7, 11) is 5.35. The third-order valence-electron chi connectivity index (χ3n) is 7.77. The van der Waals surface area contributed by atoms with Gasteiger partial charge < -0.3 is 68.2 Å². The van der Waals surface area contributed by atoms with E-state index >= 15 is 0 Å². The molecule has 0 radical (unpaired) electrons. The van der Waals surface area contributed by atoms with E-state index in [0.29, 0.717) is 11.1 Å². The second kappa shape index (κ2) is 14.8. The second-order valence-electron chi connectivity index (χ2n) is 10.9. The van der Waals surface area contributed by atoms with Gasteiger partial charge in [0.2, 0.25) is 17.8 Å². The molecule has 1 unspecified atom stereocenters. The number of aliphatic hydroxyl groups is 3. The average Bonchev–Trinajstić information content (AvgIpc) is 3.10. The van der Waals surface area contributed by atoms with Crippen LogP contribution in [0.25, 0.3) is 28.4 Å². The highest BCUT2D eigenvalue weighted by Gasteiger charge is 2.45. The van der Waals surface area contributed by atoms with Crippen LogP contribution < -0.4 is 29.1 Å². The number of ether oxygens (including phenoxy) is 7. The molecule has 0 amide bonds. The van der Waals surface area contributed by atoms with E-state index in [4.69, 9.17) is 37.6 Å². The van der Waals surface area contributed by atoms with E-state index in [9.17, 15) is 40.2 Å². The van der Waals surface area contributed by atoms with Gasteiger partial charge in [-0.1, -0.05) is 0 Å². The average molecular weight is 699 g/mol. The van der Waals surface area contributed by atoms with E-state index in [2.05, 4.69) is 0 Å². The second-order valence-corrected chi connectivity index (χ2v) is 10.9. The lowest BCUT2D eigenvalue weighted by Gasteiger charge is -2.39. The van der Waals surface area contributed by atoms with Crippen LogP contribution in [-0.4, -0.2) is 102 Å². The lowest BCUT2D eigenvalue weighted by Crippen LogP contribution is -2.60. The van der Waals surface area contributed by atoms with Crippen molar-refractivity contribution in [1.82, 2.24) is 0 Å². The number of aromatic hydroxyl groups is 3. The Morgan fingerprint density at radius 2 is 1.36 bits per heavy atom. The van der Waals surface area contributed by atoms with Gasteiger partial charge in [0, 0.05) is 29.8 Å². The Morgan fingerprint density at radius 3 is 1.94 bits per heavy atom. The van der Waals surface area contributed by atoms with E-state index in [1.54, 1.807) is 0 Å². The molecule has 4 aromatic rings. The van der Waals surface area contributed by atoms with E-state index in [1.807, 2.05) is 0 Å². The molecule has 50 heavy (non-hydrogen) atoms. The molecule has 16 nitrogen and oxygen atoms in total. The first kappa shape index (κ1) is 35.6. The fourth-order valence-electron chi connectivity index (χ4n) is 5.16. The van der Waals surface area contributed by atoms with Gasteiger partial charge in [-0.3, -0.25) is 4.79 Å². The van der Waals surface area contributed by atoms with Crippen LogP contribution in [-0.2, 0) is 14.3 Å². The van der Waals surface area contributed by atoms with Crippen molar-refractivity contribution in [2.45, 2.75) is 30.7 Å². The maximum atomic E-state index is 13.0. The van der Waals surface area contributed by atoms with E-state index in [0.717, 1.165) is 18.2 Å². The Hall–Kier alpha value is -5.68. The largest absolute Gasteiger partial charge is 0.507 e. The highest BCUT2D eigenvalue weighted by atomic mass is 16.7. The minimum Gasteiger partial charge on any atom is -0.507 e. The van der Waals surface area contributed by atoms with Crippen LogP contribution in [0.2, 0.25) is 0 Å². The Balaban J connectivity index is 1.34. The van der Waals surface area contributed by atoms with Gasteiger partial charge in [-0.15, -0.1) is 0 Å². The monoisotopic (exact) mass is 698 g/mol. The zero-order valence-corrected chi connectivity index (χ0v) is 27.1. The summed E-state index contributed by atoms with van der Waals surface area (Å²) in [5.74, 6) is -1.74. The number of hydrogen-bond acceptors (Lipinski definition) is 16. The number of phenolic OH excluding ortho intramolecular Hbond substituents is 3. The first-order valence-corrected chi connectivity index (χ1v) is 14.8. The van der Waals surface area contributed by atoms with Gasteiger partial charge in [0.05, 0.1) is 28.4 Å². The normalized spacial score (nSPS) is 20.4. The molecular weight excluding hydrogens is 664 g/mol. The number of benzene rings is 3. The summed E-state index contributed by atoms with van der Waals surface area (Å²) in [5.41, 5.74) is -0.0401. The first-order chi connectivity index (χ1) is 23.9. The lowest BCUT2D eigenvalue weighted by atomic mass is 9.99. The molecule has 5 atom stereocenters. The number of rotatable bonds is 11. The Bertz CT molecular complexity index is 1920. The zero-order chi connectivity index (χ0) is 36.3. The third kappa shape index (κ3) is 7.18. The van der Waals surface area contributed by atoms with Crippen molar-refractivity contribution in [3.8, 4) is 57.3 Å². The molecule has 0 bridgehead atoms. The minimum absolute atomic E-state index is 0.0164. The molecule has 1 aliphatic rings. The molecular formula is C34H34O16. The Kier molecular flexibility index (Phi) is 10.6.